The van der Waals surface area contributed by atoms with E-state index < -0.39 is 14.7 Å². The van der Waals surface area contributed by atoms with Crippen molar-refractivity contribution in [1.29, 1.82) is 0 Å². The standard InChI is InChI=1S/C17H16ClN3O2S/c1-12-6-5-7-13(10-12)11-19-20-16-14-8-3-4-9-15(14)21(2)24(22,23)17(16)18/h3-11,17H,1-2H3/b19-11+,20-16-/t17-/m1/s1. The second kappa shape index (κ2) is 6.37. The zero-order valence-corrected chi connectivity index (χ0v) is 14.8. The number of anilines is 1. The highest BCUT2D eigenvalue weighted by Crippen LogP contribution is 2.33. The fourth-order valence-corrected chi connectivity index (χ4v) is 4.20. The van der Waals surface area contributed by atoms with E-state index in [9.17, 15) is 8.42 Å². The second-order valence-electron chi connectivity index (χ2n) is 5.49. The van der Waals surface area contributed by atoms with Crippen LogP contribution in [-0.4, -0.2) is 32.1 Å². The van der Waals surface area contributed by atoms with Gasteiger partial charge in [0, 0.05) is 12.6 Å². The first-order valence-corrected chi connectivity index (χ1v) is 9.24. The van der Waals surface area contributed by atoms with E-state index in [1.807, 2.05) is 37.3 Å². The zero-order valence-electron chi connectivity index (χ0n) is 13.2. The molecule has 0 aliphatic carbocycles. The molecule has 1 atom stereocenters. The van der Waals surface area contributed by atoms with Crippen molar-refractivity contribution in [2.24, 2.45) is 10.2 Å². The molecule has 0 saturated carbocycles. The Balaban J connectivity index is 2.04. The van der Waals surface area contributed by atoms with Crippen molar-refractivity contribution in [2.45, 2.75) is 11.6 Å². The smallest absolute Gasteiger partial charge is 0.257 e. The Kier molecular flexibility index (Phi) is 4.43. The Morgan fingerprint density at radius 2 is 1.92 bits per heavy atom. The molecule has 1 aliphatic rings. The third-order valence-electron chi connectivity index (χ3n) is 3.79. The molecule has 124 valence electrons. The Morgan fingerprint density at radius 1 is 1.17 bits per heavy atom. The van der Waals surface area contributed by atoms with Gasteiger partial charge < -0.3 is 0 Å². The average Bonchev–Trinajstić information content (AvgIpc) is 2.56. The summed E-state index contributed by atoms with van der Waals surface area (Å²) in [6.45, 7) is 1.98. The number of para-hydroxylation sites is 1. The van der Waals surface area contributed by atoms with E-state index in [1.54, 1.807) is 24.4 Å². The minimum atomic E-state index is -3.71. The summed E-state index contributed by atoms with van der Waals surface area (Å²) in [6.07, 6.45) is 1.58. The second-order valence-corrected chi connectivity index (χ2v) is 8.23. The Hall–Kier alpha value is -2.18. The number of alkyl halides is 1. The van der Waals surface area contributed by atoms with Gasteiger partial charge in [-0.2, -0.15) is 10.2 Å². The third kappa shape index (κ3) is 2.95. The van der Waals surface area contributed by atoms with E-state index in [0.717, 1.165) is 11.1 Å². The first-order chi connectivity index (χ1) is 11.4. The summed E-state index contributed by atoms with van der Waals surface area (Å²) in [6, 6.07) is 14.9. The molecule has 1 heterocycles. The van der Waals surface area contributed by atoms with Crippen LogP contribution in [0.2, 0.25) is 0 Å². The largest absolute Gasteiger partial charge is 0.271 e. The maximum atomic E-state index is 12.4. The van der Waals surface area contributed by atoms with E-state index in [1.165, 1.54) is 11.4 Å². The molecule has 2 aromatic rings. The highest BCUT2D eigenvalue weighted by Gasteiger charge is 2.40. The van der Waals surface area contributed by atoms with Crippen LogP contribution in [0.3, 0.4) is 0 Å². The summed E-state index contributed by atoms with van der Waals surface area (Å²) in [5.41, 5.74) is 3.42. The quantitative estimate of drug-likeness (QED) is 0.468. The molecule has 0 unspecified atom stereocenters. The molecule has 0 N–H and O–H groups in total. The summed E-state index contributed by atoms with van der Waals surface area (Å²) < 4.78 is 24.8. The van der Waals surface area contributed by atoms with Crippen LogP contribution in [0.5, 0.6) is 0 Å². The van der Waals surface area contributed by atoms with Crippen molar-refractivity contribution >= 4 is 39.2 Å². The number of benzene rings is 2. The molecule has 7 heteroatoms. The fourth-order valence-electron chi connectivity index (χ4n) is 2.51. The summed E-state index contributed by atoms with van der Waals surface area (Å²) in [5, 5.41) is 8.15. The van der Waals surface area contributed by atoms with E-state index in [0.29, 0.717) is 11.3 Å². The molecule has 0 amide bonds. The number of sulfonamides is 1. The molecule has 0 radical (unpaired) electrons. The SMILES string of the molecule is Cc1cccc(/C=N/N=C2/c3ccccc3N(C)S(=O)(=O)[C@H]2Cl)c1. The van der Waals surface area contributed by atoms with Gasteiger partial charge in [-0.25, -0.2) is 8.42 Å². The first-order valence-electron chi connectivity index (χ1n) is 7.30. The Bertz CT molecular complexity index is 938. The van der Waals surface area contributed by atoms with Crippen LogP contribution >= 0.6 is 11.6 Å². The average molecular weight is 362 g/mol. The third-order valence-corrected chi connectivity index (χ3v) is 6.38. The molecular weight excluding hydrogens is 346 g/mol. The van der Waals surface area contributed by atoms with Crippen LogP contribution in [0.1, 0.15) is 16.7 Å². The normalized spacial score (nSPS) is 21.2. The predicted molar refractivity (Wildman–Crippen MR) is 98.7 cm³/mol. The molecule has 0 bridgehead atoms. The Labute approximate surface area is 146 Å². The molecular formula is C17H16ClN3O2S. The van der Waals surface area contributed by atoms with E-state index >= 15 is 0 Å². The fraction of sp³-hybridized carbons (Fsp3) is 0.176. The van der Waals surface area contributed by atoms with Crippen LogP contribution in [0, 0.1) is 6.92 Å². The van der Waals surface area contributed by atoms with Crippen molar-refractivity contribution in [3.8, 4) is 0 Å². The lowest BCUT2D eigenvalue weighted by molar-refractivity contribution is 0.595. The number of rotatable bonds is 2. The summed E-state index contributed by atoms with van der Waals surface area (Å²) in [4.78, 5) is 0. The monoisotopic (exact) mass is 361 g/mol. The molecule has 5 nitrogen and oxygen atoms in total. The molecule has 1 aliphatic heterocycles. The molecule has 0 aromatic heterocycles. The van der Waals surface area contributed by atoms with Gasteiger partial charge in [0.15, 0.2) is 4.71 Å². The molecule has 0 saturated heterocycles. The summed E-state index contributed by atoms with van der Waals surface area (Å²) in [5.74, 6) is 0. The van der Waals surface area contributed by atoms with Crippen LogP contribution in [-0.2, 0) is 10.0 Å². The van der Waals surface area contributed by atoms with Crippen molar-refractivity contribution in [2.75, 3.05) is 11.4 Å². The van der Waals surface area contributed by atoms with Crippen LogP contribution in [0.4, 0.5) is 5.69 Å². The molecule has 24 heavy (non-hydrogen) atoms. The minimum absolute atomic E-state index is 0.231. The maximum absolute atomic E-state index is 12.4. The highest BCUT2D eigenvalue weighted by molar-refractivity contribution is 7.95. The van der Waals surface area contributed by atoms with Crippen LogP contribution in [0.25, 0.3) is 0 Å². The Morgan fingerprint density at radius 3 is 2.67 bits per heavy atom. The van der Waals surface area contributed by atoms with E-state index in [2.05, 4.69) is 10.2 Å². The van der Waals surface area contributed by atoms with Gasteiger partial charge in [-0.05, 0) is 18.6 Å². The van der Waals surface area contributed by atoms with Crippen molar-refractivity contribution in [3.05, 3.63) is 65.2 Å². The number of aryl methyl sites for hydroxylation is 1. The zero-order chi connectivity index (χ0) is 17.3. The molecule has 3 rings (SSSR count). The summed E-state index contributed by atoms with van der Waals surface area (Å²) >= 11 is 6.17. The molecule has 2 aromatic carbocycles. The van der Waals surface area contributed by atoms with Gasteiger partial charge in [-0.3, -0.25) is 4.31 Å². The van der Waals surface area contributed by atoms with Crippen molar-refractivity contribution in [1.82, 2.24) is 0 Å². The van der Waals surface area contributed by atoms with E-state index in [-0.39, 0.29) is 5.71 Å². The van der Waals surface area contributed by atoms with Crippen LogP contribution < -0.4 is 4.31 Å². The van der Waals surface area contributed by atoms with Crippen molar-refractivity contribution < 1.29 is 8.42 Å². The number of nitrogens with zero attached hydrogens (tertiary/aromatic N) is 3. The van der Waals surface area contributed by atoms with E-state index in [4.69, 9.17) is 11.6 Å². The lowest BCUT2D eigenvalue weighted by atomic mass is 10.1. The molecule has 0 fully saturated rings. The van der Waals surface area contributed by atoms with Gasteiger partial charge in [-0.15, -0.1) is 0 Å². The summed E-state index contributed by atoms with van der Waals surface area (Å²) in [7, 11) is -2.23. The van der Waals surface area contributed by atoms with Gasteiger partial charge >= 0.3 is 0 Å². The van der Waals surface area contributed by atoms with Gasteiger partial charge in [0.25, 0.3) is 10.0 Å². The van der Waals surface area contributed by atoms with Gasteiger partial charge in [0.05, 0.1) is 11.9 Å². The van der Waals surface area contributed by atoms with Crippen molar-refractivity contribution in [3.63, 3.8) is 0 Å². The lowest BCUT2D eigenvalue weighted by Gasteiger charge is -2.30. The number of halogens is 1. The predicted octanol–water partition coefficient (Wildman–Crippen LogP) is 3.16. The van der Waals surface area contributed by atoms with Gasteiger partial charge in [-0.1, -0.05) is 59.6 Å². The number of hydrogen-bond acceptors (Lipinski definition) is 4. The van der Waals surface area contributed by atoms with Crippen LogP contribution in [0.15, 0.2) is 58.7 Å². The lowest BCUT2D eigenvalue weighted by Crippen LogP contribution is -2.43. The van der Waals surface area contributed by atoms with Gasteiger partial charge in [0.1, 0.15) is 5.71 Å². The first kappa shape index (κ1) is 16.7. The minimum Gasteiger partial charge on any atom is -0.271 e. The highest BCUT2D eigenvalue weighted by atomic mass is 35.5. The number of fused-ring (bicyclic) bond motifs is 1. The molecule has 0 spiro atoms. The number of hydrogen-bond donors (Lipinski definition) is 0. The topological polar surface area (TPSA) is 62.1 Å². The van der Waals surface area contributed by atoms with Gasteiger partial charge in [0.2, 0.25) is 0 Å². The maximum Gasteiger partial charge on any atom is 0.257 e.